The third-order valence-corrected chi connectivity index (χ3v) is 5.27. The largest absolute Gasteiger partial charge is 0.507 e. The van der Waals surface area contributed by atoms with Gasteiger partial charge in [0.25, 0.3) is 5.91 Å². The van der Waals surface area contributed by atoms with Crippen molar-refractivity contribution in [1.29, 1.82) is 0 Å². The van der Waals surface area contributed by atoms with Gasteiger partial charge in [0.2, 0.25) is 0 Å². The van der Waals surface area contributed by atoms with Crippen molar-refractivity contribution in [2.24, 2.45) is 0 Å². The summed E-state index contributed by atoms with van der Waals surface area (Å²) in [6, 6.07) is 14.2. The third-order valence-electron chi connectivity index (χ3n) is 4.45. The number of phenols is 1. The van der Waals surface area contributed by atoms with Gasteiger partial charge in [-0.2, -0.15) is 0 Å². The Hall–Kier alpha value is -2.90. The molecular weight excluding hydrogens is 477 g/mol. The average Bonchev–Trinajstić information content (AvgIpc) is 2.71. The lowest BCUT2D eigenvalue weighted by Crippen LogP contribution is -2.42. The molecule has 154 valence electrons. The van der Waals surface area contributed by atoms with E-state index in [4.69, 9.17) is 11.6 Å². The number of carboxylic acids is 1. The van der Waals surface area contributed by atoms with E-state index in [9.17, 15) is 24.2 Å². The van der Waals surface area contributed by atoms with Gasteiger partial charge in [-0.15, -0.1) is 0 Å². The van der Waals surface area contributed by atoms with Crippen molar-refractivity contribution in [2.45, 2.75) is 12.5 Å². The number of phenolic OH excluding ortho intramolecular Hbond substituents is 1. The summed E-state index contributed by atoms with van der Waals surface area (Å²) < 4.78 is 14.3. The number of carbonyl (C=O) groups is 2. The summed E-state index contributed by atoms with van der Waals surface area (Å²) in [6.45, 7) is 0. The summed E-state index contributed by atoms with van der Waals surface area (Å²) in [7, 11) is 0. The van der Waals surface area contributed by atoms with Crippen LogP contribution >= 0.6 is 27.5 Å². The Morgan fingerprint density at radius 3 is 2.30 bits per heavy atom. The lowest BCUT2D eigenvalue weighted by molar-refractivity contribution is -0.139. The number of hydrogen-bond donors (Lipinski definition) is 3. The molecule has 0 fully saturated rings. The fourth-order valence-corrected chi connectivity index (χ4v) is 3.31. The van der Waals surface area contributed by atoms with Gasteiger partial charge in [-0.25, -0.2) is 9.18 Å². The van der Waals surface area contributed by atoms with Crippen molar-refractivity contribution in [1.82, 2.24) is 5.32 Å². The highest BCUT2D eigenvalue weighted by atomic mass is 79.9. The van der Waals surface area contributed by atoms with E-state index < -0.39 is 23.7 Å². The first-order valence-corrected chi connectivity index (χ1v) is 9.98. The molecule has 0 bridgehead atoms. The summed E-state index contributed by atoms with van der Waals surface area (Å²) in [5.41, 5.74) is 1.68. The molecule has 0 aromatic heterocycles. The highest BCUT2D eigenvalue weighted by molar-refractivity contribution is 9.10. The molecule has 30 heavy (non-hydrogen) atoms. The topological polar surface area (TPSA) is 86.6 Å². The molecule has 0 aliphatic rings. The van der Waals surface area contributed by atoms with Gasteiger partial charge in [0.15, 0.2) is 0 Å². The average molecular weight is 493 g/mol. The number of carboxylic acid groups (broad SMARTS) is 1. The maximum absolute atomic E-state index is 13.4. The molecular formula is C22H16BrClFNO4. The number of amides is 1. The van der Waals surface area contributed by atoms with Gasteiger partial charge in [-0.05, 0) is 53.1 Å². The standard InChI is InChI=1S/C22H16BrClFNO4/c23-15-5-1-12(2-6-15)9-19(22(29)30)26-21(28)16-10-13(4-8-20(16)27)14-3-7-18(25)17(24)11-14/h1-8,10-11,19,27H,9H2,(H,26,28)(H,29,30). The van der Waals surface area contributed by atoms with Crippen LogP contribution in [0.1, 0.15) is 15.9 Å². The molecule has 8 heteroatoms. The first kappa shape index (κ1) is 21.8. The van der Waals surface area contributed by atoms with Crippen molar-refractivity contribution >= 4 is 39.4 Å². The highest BCUT2D eigenvalue weighted by Crippen LogP contribution is 2.29. The number of aromatic hydroxyl groups is 1. The first-order chi connectivity index (χ1) is 14.2. The Morgan fingerprint density at radius 1 is 1.03 bits per heavy atom. The molecule has 3 aromatic rings. The number of halogens is 3. The van der Waals surface area contributed by atoms with E-state index in [0.29, 0.717) is 11.1 Å². The SMILES string of the molecule is O=C(NC(Cc1ccc(Br)cc1)C(=O)O)c1cc(-c2ccc(F)c(Cl)c2)ccc1O. The normalized spacial score (nSPS) is 11.7. The molecule has 0 aliphatic carbocycles. The molecule has 0 spiro atoms. The van der Waals surface area contributed by atoms with E-state index in [0.717, 1.165) is 10.0 Å². The summed E-state index contributed by atoms with van der Waals surface area (Å²) in [6.07, 6.45) is 0.0718. The second kappa shape index (κ2) is 9.28. The lowest BCUT2D eigenvalue weighted by atomic mass is 10.0. The zero-order valence-electron chi connectivity index (χ0n) is 15.4. The van der Waals surface area contributed by atoms with Crippen molar-refractivity contribution < 1.29 is 24.2 Å². The Balaban J connectivity index is 1.84. The van der Waals surface area contributed by atoms with Crippen LogP contribution in [0.2, 0.25) is 5.02 Å². The zero-order chi connectivity index (χ0) is 21.8. The number of benzene rings is 3. The molecule has 0 radical (unpaired) electrons. The molecule has 3 aromatic carbocycles. The maximum Gasteiger partial charge on any atom is 0.326 e. The second-order valence-electron chi connectivity index (χ2n) is 6.56. The van der Waals surface area contributed by atoms with Crippen molar-refractivity contribution in [3.8, 4) is 16.9 Å². The van der Waals surface area contributed by atoms with Crippen molar-refractivity contribution in [2.75, 3.05) is 0 Å². The molecule has 1 unspecified atom stereocenters. The summed E-state index contributed by atoms with van der Waals surface area (Å²) >= 11 is 9.13. The smallest absolute Gasteiger partial charge is 0.326 e. The fourth-order valence-electron chi connectivity index (χ4n) is 2.87. The van der Waals surface area contributed by atoms with Gasteiger partial charge < -0.3 is 15.5 Å². The van der Waals surface area contributed by atoms with Crippen LogP contribution in [0.5, 0.6) is 5.75 Å². The van der Waals surface area contributed by atoms with Gasteiger partial charge >= 0.3 is 5.97 Å². The predicted octanol–water partition coefficient (Wildman–Crippen LogP) is 5.04. The van der Waals surface area contributed by atoms with Gasteiger partial charge in [0.1, 0.15) is 17.6 Å². The molecule has 3 N–H and O–H groups in total. The van der Waals surface area contributed by atoms with Gasteiger partial charge in [-0.3, -0.25) is 4.79 Å². The Bertz CT molecular complexity index is 1100. The van der Waals surface area contributed by atoms with Crippen LogP contribution in [0.25, 0.3) is 11.1 Å². The number of hydrogen-bond acceptors (Lipinski definition) is 3. The highest BCUT2D eigenvalue weighted by Gasteiger charge is 2.23. The van der Waals surface area contributed by atoms with E-state index in [-0.39, 0.29) is 22.8 Å². The van der Waals surface area contributed by atoms with Gasteiger partial charge in [0.05, 0.1) is 10.6 Å². The first-order valence-electron chi connectivity index (χ1n) is 8.81. The minimum absolute atomic E-state index is 0.0718. The van der Waals surface area contributed by atoms with Crippen LogP contribution in [-0.2, 0) is 11.2 Å². The Labute approximate surface area is 185 Å². The second-order valence-corrected chi connectivity index (χ2v) is 7.88. The van der Waals surface area contributed by atoms with Crippen LogP contribution in [0.4, 0.5) is 4.39 Å². The molecule has 3 rings (SSSR count). The van der Waals surface area contributed by atoms with E-state index in [1.807, 2.05) is 0 Å². The van der Waals surface area contributed by atoms with E-state index in [2.05, 4.69) is 21.2 Å². The Kier molecular flexibility index (Phi) is 6.74. The molecule has 5 nitrogen and oxygen atoms in total. The molecule has 0 heterocycles. The van der Waals surface area contributed by atoms with Gasteiger partial charge in [-0.1, -0.05) is 51.8 Å². The monoisotopic (exact) mass is 491 g/mol. The predicted molar refractivity (Wildman–Crippen MR) is 115 cm³/mol. The minimum atomic E-state index is -1.20. The fraction of sp³-hybridized carbons (Fsp3) is 0.0909. The molecule has 1 atom stereocenters. The number of carbonyl (C=O) groups excluding carboxylic acids is 1. The number of nitrogens with one attached hydrogen (secondary N) is 1. The quantitative estimate of drug-likeness (QED) is 0.450. The number of aliphatic carboxylic acids is 1. The Morgan fingerprint density at radius 2 is 1.67 bits per heavy atom. The van der Waals surface area contributed by atoms with Crippen LogP contribution in [-0.4, -0.2) is 28.1 Å². The van der Waals surface area contributed by atoms with Crippen LogP contribution in [0.15, 0.2) is 65.1 Å². The molecule has 0 saturated carbocycles. The van der Waals surface area contributed by atoms with E-state index in [1.165, 1.54) is 30.3 Å². The lowest BCUT2D eigenvalue weighted by Gasteiger charge is -2.16. The summed E-state index contributed by atoms with van der Waals surface area (Å²) in [5.74, 6) is -2.83. The minimum Gasteiger partial charge on any atom is -0.507 e. The van der Waals surface area contributed by atoms with Crippen LogP contribution in [0.3, 0.4) is 0 Å². The van der Waals surface area contributed by atoms with E-state index >= 15 is 0 Å². The number of rotatable bonds is 6. The van der Waals surface area contributed by atoms with Crippen molar-refractivity contribution in [3.63, 3.8) is 0 Å². The third kappa shape index (κ3) is 5.17. The summed E-state index contributed by atoms with van der Waals surface area (Å²) in [4.78, 5) is 24.3. The van der Waals surface area contributed by atoms with Crippen molar-refractivity contribution in [3.05, 3.63) is 87.1 Å². The van der Waals surface area contributed by atoms with E-state index in [1.54, 1.807) is 30.3 Å². The van der Waals surface area contributed by atoms with Crippen LogP contribution in [0, 0.1) is 5.82 Å². The molecule has 0 saturated heterocycles. The summed E-state index contributed by atoms with van der Waals surface area (Å²) in [5, 5.41) is 22.0. The molecule has 0 aliphatic heterocycles. The molecule has 1 amide bonds. The zero-order valence-corrected chi connectivity index (χ0v) is 17.7. The maximum atomic E-state index is 13.4. The van der Waals surface area contributed by atoms with Crippen LogP contribution < -0.4 is 5.32 Å². The van der Waals surface area contributed by atoms with Gasteiger partial charge in [0, 0.05) is 10.9 Å².